The second-order valence-corrected chi connectivity index (χ2v) is 4.25. The number of rotatable bonds is 2. The molecule has 0 spiro atoms. The van der Waals surface area contributed by atoms with Gasteiger partial charge in [0, 0.05) is 35.3 Å². The molecule has 72 valence electrons. The monoisotopic (exact) mass is 206 g/mol. The first kappa shape index (κ1) is 9.15. The van der Waals surface area contributed by atoms with Crippen molar-refractivity contribution in [2.24, 2.45) is 7.05 Å². The number of hydrogen-bond acceptors (Lipinski definition) is 3. The minimum atomic E-state index is -0.0122. The Morgan fingerprint density at radius 2 is 2.36 bits per heavy atom. The molecule has 0 aromatic carbocycles. The van der Waals surface area contributed by atoms with Crippen LogP contribution in [0.15, 0.2) is 23.8 Å². The number of carbonyl (C=O) groups excluding carboxylic acids is 1. The van der Waals surface area contributed by atoms with Gasteiger partial charge in [-0.2, -0.15) is 0 Å². The van der Waals surface area contributed by atoms with Gasteiger partial charge in [-0.05, 0) is 13.0 Å². The van der Waals surface area contributed by atoms with E-state index in [0.717, 1.165) is 10.4 Å². The van der Waals surface area contributed by atoms with Gasteiger partial charge >= 0.3 is 0 Å². The van der Waals surface area contributed by atoms with Gasteiger partial charge in [-0.1, -0.05) is 0 Å². The zero-order valence-electron chi connectivity index (χ0n) is 8.02. The van der Waals surface area contributed by atoms with E-state index in [4.69, 9.17) is 0 Å². The van der Waals surface area contributed by atoms with E-state index in [9.17, 15) is 4.79 Å². The van der Waals surface area contributed by atoms with Crippen LogP contribution in [0.4, 0.5) is 0 Å². The summed E-state index contributed by atoms with van der Waals surface area (Å²) in [5, 5.41) is 1.87. The molecule has 0 saturated carbocycles. The summed E-state index contributed by atoms with van der Waals surface area (Å²) in [6.07, 6.45) is 3.40. The molecule has 0 atom stereocenters. The van der Waals surface area contributed by atoms with E-state index in [-0.39, 0.29) is 5.78 Å². The topological polar surface area (TPSA) is 34.9 Å². The van der Waals surface area contributed by atoms with Crippen LogP contribution in [-0.4, -0.2) is 15.3 Å². The number of aromatic nitrogens is 2. The first-order valence-corrected chi connectivity index (χ1v) is 5.13. The molecule has 2 aromatic rings. The zero-order chi connectivity index (χ0) is 10.1. The first-order valence-electron chi connectivity index (χ1n) is 4.25. The molecule has 0 aliphatic heterocycles. The molecular weight excluding hydrogens is 196 g/mol. The number of aryl methyl sites for hydroxylation is 2. The third-order valence-corrected chi connectivity index (χ3v) is 2.88. The number of carbonyl (C=O) groups is 1. The Balaban J connectivity index is 2.38. The van der Waals surface area contributed by atoms with Gasteiger partial charge < -0.3 is 4.57 Å². The Kier molecular flexibility index (Phi) is 2.21. The van der Waals surface area contributed by atoms with E-state index in [1.807, 2.05) is 25.4 Å². The van der Waals surface area contributed by atoms with Gasteiger partial charge in [0.1, 0.15) is 0 Å². The van der Waals surface area contributed by atoms with Crippen molar-refractivity contribution >= 4 is 17.1 Å². The summed E-state index contributed by atoms with van der Waals surface area (Å²) < 4.78 is 1.73. The second kappa shape index (κ2) is 3.38. The average molecular weight is 206 g/mol. The van der Waals surface area contributed by atoms with E-state index in [2.05, 4.69) is 4.98 Å². The largest absolute Gasteiger partial charge is 0.331 e. The van der Waals surface area contributed by atoms with E-state index >= 15 is 0 Å². The van der Waals surface area contributed by atoms with Gasteiger partial charge in [-0.3, -0.25) is 4.79 Å². The van der Waals surface area contributed by atoms with Crippen molar-refractivity contribution in [3.05, 3.63) is 40.1 Å². The fourth-order valence-corrected chi connectivity index (χ4v) is 1.96. The SMILES string of the molecule is Cc1cc(C(=O)c2nccn2C)cs1. The molecule has 0 N–H and O–H groups in total. The summed E-state index contributed by atoms with van der Waals surface area (Å²) in [7, 11) is 1.82. The number of imidazole rings is 1. The summed E-state index contributed by atoms with van der Waals surface area (Å²) in [4.78, 5) is 17.0. The van der Waals surface area contributed by atoms with Crippen LogP contribution in [0.5, 0.6) is 0 Å². The molecule has 2 rings (SSSR count). The van der Waals surface area contributed by atoms with Crippen LogP contribution in [0, 0.1) is 6.92 Å². The van der Waals surface area contributed by atoms with Gasteiger partial charge in [0.05, 0.1) is 0 Å². The molecule has 0 fully saturated rings. The summed E-state index contributed by atoms with van der Waals surface area (Å²) in [5.74, 6) is 0.477. The highest BCUT2D eigenvalue weighted by Crippen LogP contribution is 2.15. The van der Waals surface area contributed by atoms with Crippen LogP contribution in [0.25, 0.3) is 0 Å². The Bertz CT molecular complexity index is 470. The summed E-state index contributed by atoms with van der Waals surface area (Å²) in [5.41, 5.74) is 0.724. The van der Waals surface area contributed by atoms with Crippen molar-refractivity contribution in [1.29, 1.82) is 0 Å². The molecule has 0 aliphatic rings. The third kappa shape index (κ3) is 1.48. The summed E-state index contributed by atoms with van der Waals surface area (Å²) in [6, 6.07) is 1.89. The lowest BCUT2D eigenvalue weighted by Crippen LogP contribution is -2.07. The molecule has 0 bridgehead atoms. The second-order valence-electron chi connectivity index (χ2n) is 3.14. The Labute approximate surface area is 86.0 Å². The normalized spacial score (nSPS) is 10.4. The highest BCUT2D eigenvalue weighted by Gasteiger charge is 2.14. The van der Waals surface area contributed by atoms with Crippen molar-refractivity contribution in [2.45, 2.75) is 6.92 Å². The van der Waals surface area contributed by atoms with Crippen molar-refractivity contribution in [2.75, 3.05) is 0 Å². The van der Waals surface area contributed by atoms with Crippen molar-refractivity contribution in [3.63, 3.8) is 0 Å². The molecule has 2 aromatic heterocycles. The van der Waals surface area contributed by atoms with E-state index in [0.29, 0.717) is 5.82 Å². The highest BCUT2D eigenvalue weighted by atomic mass is 32.1. The van der Waals surface area contributed by atoms with Gasteiger partial charge in [-0.15, -0.1) is 11.3 Å². The lowest BCUT2D eigenvalue weighted by Gasteiger charge is -1.97. The Morgan fingerprint density at radius 3 is 2.86 bits per heavy atom. The molecule has 0 unspecified atom stereocenters. The lowest BCUT2D eigenvalue weighted by atomic mass is 10.2. The molecule has 4 heteroatoms. The maximum absolute atomic E-state index is 11.9. The fraction of sp³-hybridized carbons (Fsp3) is 0.200. The standard InChI is InChI=1S/C10H10N2OS/c1-7-5-8(6-14-7)9(13)10-11-3-4-12(10)2/h3-6H,1-2H3. The van der Waals surface area contributed by atoms with Crippen LogP contribution >= 0.6 is 11.3 Å². The van der Waals surface area contributed by atoms with E-state index < -0.39 is 0 Å². The van der Waals surface area contributed by atoms with Crippen LogP contribution < -0.4 is 0 Å². The van der Waals surface area contributed by atoms with Gasteiger partial charge in [0.25, 0.3) is 0 Å². The predicted octanol–water partition coefficient (Wildman–Crippen LogP) is 2.02. The minimum absolute atomic E-state index is 0.0122. The van der Waals surface area contributed by atoms with Gasteiger partial charge in [-0.25, -0.2) is 4.98 Å². The van der Waals surface area contributed by atoms with Crippen molar-refractivity contribution < 1.29 is 4.79 Å². The Hall–Kier alpha value is -1.42. The smallest absolute Gasteiger partial charge is 0.229 e. The van der Waals surface area contributed by atoms with Crippen LogP contribution in [0.2, 0.25) is 0 Å². The third-order valence-electron chi connectivity index (χ3n) is 2.02. The molecule has 0 radical (unpaired) electrons. The van der Waals surface area contributed by atoms with Crippen LogP contribution in [-0.2, 0) is 7.05 Å². The Morgan fingerprint density at radius 1 is 1.57 bits per heavy atom. The molecule has 0 aliphatic carbocycles. The number of thiophene rings is 1. The molecule has 0 amide bonds. The zero-order valence-corrected chi connectivity index (χ0v) is 8.84. The minimum Gasteiger partial charge on any atom is -0.331 e. The van der Waals surface area contributed by atoms with Gasteiger partial charge in [0.2, 0.25) is 5.78 Å². The molecule has 3 nitrogen and oxygen atoms in total. The van der Waals surface area contributed by atoms with Crippen molar-refractivity contribution in [1.82, 2.24) is 9.55 Å². The molecule has 14 heavy (non-hydrogen) atoms. The van der Waals surface area contributed by atoms with E-state index in [1.54, 1.807) is 28.3 Å². The van der Waals surface area contributed by atoms with Crippen LogP contribution in [0.3, 0.4) is 0 Å². The van der Waals surface area contributed by atoms with Crippen molar-refractivity contribution in [3.8, 4) is 0 Å². The lowest BCUT2D eigenvalue weighted by molar-refractivity contribution is 0.102. The summed E-state index contributed by atoms with van der Waals surface area (Å²) in [6.45, 7) is 1.99. The quantitative estimate of drug-likeness (QED) is 0.705. The predicted molar refractivity (Wildman–Crippen MR) is 55.7 cm³/mol. The molecular formula is C10H10N2OS. The first-order chi connectivity index (χ1) is 6.68. The molecule has 0 saturated heterocycles. The number of hydrogen-bond donors (Lipinski definition) is 0. The maximum atomic E-state index is 11.9. The van der Waals surface area contributed by atoms with Gasteiger partial charge in [0.15, 0.2) is 5.82 Å². The number of nitrogens with zero attached hydrogens (tertiary/aromatic N) is 2. The maximum Gasteiger partial charge on any atom is 0.229 e. The summed E-state index contributed by atoms with van der Waals surface area (Å²) >= 11 is 1.58. The fourth-order valence-electron chi connectivity index (χ4n) is 1.28. The number of ketones is 1. The van der Waals surface area contributed by atoms with E-state index in [1.165, 1.54) is 0 Å². The highest BCUT2D eigenvalue weighted by molar-refractivity contribution is 7.10. The molecule has 2 heterocycles. The average Bonchev–Trinajstić information content (AvgIpc) is 2.73. The van der Waals surface area contributed by atoms with Crippen LogP contribution in [0.1, 0.15) is 21.1 Å².